The van der Waals surface area contributed by atoms with Gasteiger partial charge in [-0.05, 0) is 85.1 Å². The van der Waals surface area contributed by atoms with Crippen molar-refractivity contribution in [3.63, 3.8) is 0 Å². The monoisotopic (exact) mass is 342 g/mol. The van der Waals surface area contributed by atoms with Crippen LogP contribution in [-0.4, -0.2) is 17.8 Å². The van der Waals surface area contributed by atoms with Crippen molar-refractivity contribution in [2.24, 2.45) is 0 Å². The van der Waals surface area contributed by atoms with Crippen molar-refractivity contribution < 1.29 is 0 Å². The van der Waals surface area contributed by atoms with Gasteiger partial charge in [0.1, 0.15) is 0 Å². The topological polar surface area (TPSA) is 8.17 Å². The molecule has 2 aromatic carbocycles. The molecule has 0 unspecified atom stereocenters. The molecule has 0 N–H and O–H groups in total. The summed E-state index contributed by atoms with van der Waals surface area (Å²) in [4.78, 5) is 0. The molecular weight excluding hydrogens is 316 g/mol. The Bertz CT molecular complexity index is 1010. The molecule has 1 aromatic heterocycles. The van der Waals surface area contributed by atoms with E-state index in [0.717, 1.165) is 38.8 Å². The normalized spacial score (nSPS) is 15.9. The van der Waals surface area contributed by atoms with Crippen LogP contribution in [0.4, 0.5) is 0 Å². The highest BCUT2D eigenvalue weighted by Gasteiger charge is 2.27. The van der Waals surface area contributed by atoms with Crippen molar-refractivity contribution >= 4 is 33.0 Å². The van der Waals surface area contributed by atoms with E-state index in [1.54, 1.807) is 0 Å². The first-order chi connectivity index (χ1) is 12.7. The smallest absolute Gasteiger partial charge is 0.0711 e. The maximum absolute atomic E-state index is 4.31. The van der Waals surface area contributed by atoms with E-state index in [2.05, 4.69) is 61.0 Å². The van der Waals surface area contributed by atoms with E-state index < -0.39 is 0 Å². The molecule has 0 bridgehead atoms. The second kappa shape index (κ2) is 5.51. The second-order valence-corrected chi connectivity index (χ2v) is 7.63. The minimum absolute atomic E-state index is 1.00. The molecule has 26 heavy (non-hydrogen) atoms. The number of benzene rings is 2. The standard InChI is InChI=1S/C24H26N2/c1-5-25(6-2)26-21-13-11-17-15(3)7-9-19(17)23(21)24-20-10-8-16(4)18(20)12-14-22(24)26/h11-14H,3-10H2,1-2H3. The molecule has 0 saturated heterocycles. The molecule has 132 valence electrons. The number of allylic oxidation sites excluding steroid dienone is 2. The summed E-state index contributed by atoms with van der Waals surface area (Å²) in [7, 11) is 0. The molecule has 2 nitrogen and oxygen atoms in total. The largest absolute Gasteiger partial charge is 0.313 e. The zero-order chi connectivity index (χ0) is 18.0. The fraction of sp³-hybridized carbons (Fsp3) is 0.333. The van der Waals surface area contributed by atoms with Crippen LogP contribution in [0.15, 0.2) is 37.4 Å². The first-order valence-corrected chi connectivity index (χ1v) is 9.89. The molecule has 1 heterocycles. The van der Waals surface area contributed by atoms with Gasteiger partial charge in [0.25, 0.3) is 0 Å². The van der Waals surface area contributed by atoms with Crippen molar-refractivity contribution in [3.05, 3.63) is 59.7 Å². The van der Waals surface area contributed by atoms with E-state index in [4.69, 9.17) is 0 Å². The Hall–Kier alpha value is -2.48. The number of hydrogen-bond donors (Lipinski definition) is 0. The first kappa shape index (κ1) is 15.7. The van der Waals surface area contributed by atoms with Gasteiger partial charge in [0, 0.05) is 23.9 Å². The molecule has 0 spiro atoms. The summed E-state index contributed by atoms with van der Waals surface area (Å²) < 4.78 is 2.47. The van der Waals surface area contributed by atoms with Crippen molar-refractivity contribution in [2.45, 2.75) is 39.5 Å². The van der Waals surface area contributed by atoms with Gasteiger partial charge < -0.3 is 5.01 Å². The SMILES string of the molecule is C=C1CCc2c1ccc1c2c2c3c(ccc2n1N(CC)CC)C(=C)CC3. The Morgan fingerprint density at radius 2 is 1.23 bits per heavy atom. The van der Waals surface area contributed by atoms with Gasteiger partial charge in [-0.15, -0.1) is 0 Å². The minimum Gasteiger partial charge on any atom is -0.313 e. The molecule has 2 heteroatoms. The van der Waals surface area contributed by atoms with Crippen LogP contribution in [0.1, 0.15) is 48.9 Å². The lowest BCUT2D eigenvalue weighted by molar-refractivity contribution is 0.656. The third kappa shape index (κ3) is 1.87. The Morgan fingerprint density at radius 3 is 1.65 bits per heavy atom. The number of aromatic nitrogens is 1. The quantitative estimate of drug-likeness (QED) is 0.593. The molecule has 0 aliphatic heterocycles. The molecule has 2 aliphatic rings. The predicted molar refractivity (Wildman–Crippen MR) is 113 cm³/mol. The minimum atomic E-state index is 1.00. The van der Waals surface area contributed by atoms with E-state index in [-0.39, 0.29) is 0 Å². The maximum atomic E-state index is 4.31. The molecule has 0 amide bonds. The van der Waals surface area contributed by atoms with E-state index in [1.807, 2.05) is 0 Å². The van der Waals surface area contributed by atoms with Crippen LogP contribution in [0, 0.1) is 0 Å². The van der Waals surface area contributed by atoms with E-state index in [0.29, 0.717) is 0 Å². The summed E-state index contributed by atoms with van der Waals surface area (Å²) in [5.41, 5.74) is 11.1. The van der Waals surface area contributed by atoms with Gasteiger partial charge in [-0.3, -0.25) is 4.68 Å². The van der Waals surface area contributed by atoms with Crippen LogP contribution in [0.5, 0.6) is 0 Å². The van der Waals surface area contributed by atoms with Crippen molar-refractivity contribution in [1.29, 1.82) is 0 Å². The molecule has 0 radical (unpaired) electrons. The summed E-state index contributed by atoms with van der Waals surface area (Å²) in [6, 6.07) is 9.23. The van der Waals surface area contributed by atoms with Gasteiger partial charge in [0.05, 0.1) is 11.0 Å². The third-order valence-corrected chi connectivity index (χ3v) is 6.42. The predicted octanol–water partition coefficient (Wildman–Crippen LogP) is 5.69. The summed E-state index contributed by atoms with van der Waals surface area (Å²) in [5.74, 6) is 0. The second-order valence-electron chi connectivity index (χ2n) is 7.63. The van der Waals surface area contributed by atoms with Crippen LogP contribution in [-0.2, 0) is 12.8 Å². The first-order valence-electron chi connectivity index (χ1n) is 9.89. The third-order valence-electron chi connectivity index (χ3n) is 6.42. The van der Waals surface area contributed by atoms with Gasteiger partial charge in [-0.25, -0.2) is 0 Å². The van der Waals surface area contributed by atoms with Crippen LogP contribution in [0.25, 0.3) is 33.0 Å². The number of hydrogen-bond acceptors (Lipinski definition) is 1. The van der Waals surface area contributed by atoms with Crippen molar-refractivity contribution in [3.8, 4) is 0 Å². The highest BCUT2D eigenvalue weighted by Crippen LogP contribution is 2.45. The molecule has 2 aliphatic carbocycles. The lowest BCUT2D eigenvalue weighted by atomic mass is 9.97. The van der Waals surface area contributed by atoms with Crippen LogP contribution in [0.2, 0.25) is 0 Å². The Morgan fingerprint density at radius 1 is 0.769 bits per heavy atom. The highest BCUT2D eigenvalue weighted by atomic mass is 15.5. The number of rotatable bonds is 3. The Kier molecular flexibility index (Phi) is 3.34. The van der Waals surface area contributed by atoms with Gasteiger partial charge in [-0.1, -0.05) is 25.3 Å². The zero-order valence-corrected chi connectivity index (χ0v) is 15.9. The maximum Gasteiger partial charge on any atom is 0.0711 e. The van der Waals surface area contributed by atoms with E-state index in [1.165, 1.54) is 55.2 Å². The molecular formula is C24H26N2. The van der Waals surface area contributed by atoms with Crippen LogP contribution < -0.4 is 5.01 Å². The Labute approximate surface area is 155 Å². The lowest BCUT2D eigenvalue weighted by Gasteiger charge is -2.25. The van der Waals surface area contributed by atoms with Crippen molar-refractivity contribution in [1.82, 2.24) is 4.68 Å². The summed E-state index contributed by atoms with van der Waals surface area (Å²) in [6.45, 7) is 15.1. The molecule has 0 atom stereocenters. The molecule has 0 saturated carbocycles. The van der Waals surface area contributed by atoms with Crippen molar-refractivity contribution in [2.75, 3.05) is 18.1 Å². The zero-order valence-electron chi connectivity index (χ0n) is 15.9. The number of aryl methyl sites for hydroxylation is 2. The van der Waals surface area contributed by atoms with E-state index >= 15 is 0 Å². The highest BCUT2D eigenvalue weighted by molar-refractivity contribution is 6.14. The van der Waals surface area contributed by atoms with Gasteiger partial charge in [0.2, 0.25) is 0 Å². The lowest BCUT2D eigenvalue weighted by Crippen LogP contribution is -2.33. The molecule has 0 fully saturated rings. The molecule has 3 aromatic rings. The summed E-state index contributed by atoms with van der Waals surface area (Å²) >= 11 is 0. The summed E-state index contributed by atoms with van der Waals surface area (Å²) in [6.07, 6.45) is 4.42. The molecule has 5 rings (SSSR count). The number of nitrogens with zero attached hydrogens (tertiary/aromatic N) is 2. The van der Waals surface area contributed by atoms with Crippen LogP contribution in [0.3, 0.4) is 0 Å². The average Bonchev–Trinajstić information content (AvgIpc) is 3.31. The van der Waals surface area contributed by atoms with E-state index in [9.17, 15) is 0 Å². The Balaban J connectivity index is 2.00. The average molecular weight is 342 g/mol. The van der Waals surface area contributed by atoms with Crippen LogP contribution >= 0.6 is 0 Å². The fourth-order valence-corrected chi connectivity index (χ4v) is 5.13. The van der Waals surface area contributed by atoms with Gasteiger partial charge in [0.15, 0.2) is 0 Å². The van der Waals surface area contributed by atoms with Gasteiger partial charge in [-0.2, -0.15) is 0 Å². The number of fused-ring (bicyclic) bond motifs is 7. The van der Waals surface area contributed by atoms with Gasteiger partial charge >= 0.3 is 0 Å². The summed E-state index contributed by atoms with van der Waals surface area (Å²) in [5, 5.41) is 5.38. The fourth-order valence-electron chi connectivity index (χ4n) is 5.13.